The van der Waals surface area contributed by atoms with Gasteiger partial charge in [-0.2, -0.15) is 0 Å². The SMILES string of the molecule is CC(C)N[C@H]1CCCC[C@@H]1N.Cl. The zero-order chi connectivity index (χ0) is 8.27. The van der Waals surface area contributed by atoms with Crippen molar-refractivity contribution < 1.29 is 0 Å². The molecule has 0 amide bonds. The molecule has 0 aliphatic heterocycles. The lowest BCUT2D eigenvalue weighted by molar-refractivity contribution is 0.311. The van der Waals surface area contributed by atoms with Crippen molar-refractivity contribution in [2.45, 2.75) is 57.7 Å². The maximum atomic E-state index is 5.96. The van der Waals surface area contributed by atoms with E-state index in [4.69, 9.17) is 5.73 Å². The predicted octanol–water partition coefficient (Wildman–Crippen LogP) is 1.68. The minimum absolute atomic E-state index is 0. The first-order chi connectivity index (χ1) is 5.20. The first-order valence-electron chi connectivity index (χ1n) is 4.72. The zero-order valence-electron chi connectivity index (χ0n) is 8.05. The molecule has 0 aromatic carbocycles. The van der Waals surface area contributed by atoms with Gasteiger partial charge in [-0.25, -0.2) is 0 Å². The van der Waals surface area contributed by atoms with Crippen molar-refractivity contribution in [1.82, 2.24) is 5.32 Å². The van der Waals surface area contributed by atoms with E-state index in [1.54, 1.807) is 0 Å². The molecule has 1 aliphatic rings. The number of nitrogens with one attached hydrogen (secondary N) is 1. The first-order valence-corrected chi connectivity index (χ1v) is 4.72. The molecule has 0 radical (unpaired) electrons. The fraction of sp³-hybridized carbons (Fsp3) is 1.00. The molecule has 2 atom stereocenters. The van der Waals surface area contributed by atoms with Gasteiger partial charge in [0.05, 0.1) is 0 Å². The number of hydrogen-bond donors (Lipinski definition) is 2. The minimum atomic E-state index is 0. The van der Waals surface area contributed by atoms with Gasteiger partial charge in [0.15, 0.2) is 0 Å². The van der Waals surface area contributed by atoms with Gasteiger partial charge >= 0.3 is 0 Å². The first kappa shape index (κ1) is 12.2. The van der Waals surface area contributed by atoms with Crippen LogP contribution in [0.3, 0.4) is 0 Å². The van der Waals surface area contributed by atoms with Crippen LogP contribution < -0.4 is 11.1 Å². The van der Waals surface area contributed by atoms with Crippen molar-refractivity contribution in [1.29, 1.82) is 0 Å². The van der Waals surface area contributed by atoms with Crippen LogP contribution in [0.5, 0.6) is 0 Å². The summed E-state index contributed by atoms with van der Waals surface area (Å²) in [4.78, 5) is 0. The average Bonchev–Trinajstić information content (AvgIpc) is 1.93. The third-order valence-electron chi connectivity index (χ3n) is 2.37. The highest BCUT2D eigenvalue weighted by Crippen LogP contribution is 2.16. The highest BCUT2D eigenvalue weighted by molar-refractivity contribution is 5.85. The summed E-state index contributed by atoms with van der Waals surface area (Å²) in [7, 11) is 0. The van der Waals surface area contributed by atoms with E-state index in [0.717, 1.165) is 0 Å². The van der Waals surface area contributed by atoms with Gasteiger partial charge in [-0.1, -0.05) is 26.7 Å². The molecule has 74 valence electrons. The summed E-state index contributed by atoms with van der Waals surface area (Å²) in [5, 5.41) is 3.51. The summed E-state index contributed by atoms with van der Waals surface area (Å²) < 4.78 is 0. The second kappa shape index (κ2) is 5.79. The summed E-state index contributed by atoms with van der Waals surface area (Å²) in [6.45, 7) is 4.36. The fourth-order valence-electron chi connectivity index (χ4n) is 1.79. The molecule has 0 spiro atoms. The van der Waals surface area contributed by atoms with Gasteiger partial charge in [0, 0.05) is 18.1 Å². The molecule has 1 aliphatic carbocycles. The van der Waals surface area contributed by atoms with Crippen molar-refractivity contribution in [3.8, 4) is 0 Å². The maximum Gasteiger partial charge on any atom is 0.0221 e. The molecule has 0 heterocycles. The summed E-state index contributed by atoms with van der Waals surface area (Å²) in [5.41, 5.74) is 5.96. The quantitative estimate of drug-likeness (QED) is 0.699. The highest BCUT2D eigenvalue weighted by atomic mass is 35.5. The van der Waals surface area contributed by atoms with Crippen molar-refractivity contribution in [2.24, 2.45) is 5.73 Å². The topological polar surface area (TPSA) is 38.0 Å². The predicted molar refractivity (Wildman–Crippen MR) is 55.8 cm³/mol. The van der Waals surface area contributed by atoms with E-state index in [1.807, 2.05) is 0 Å². The lowest BCUT2D eigenvalue weighted by Gasteiger charge is -2.30. The molecule has 3 heteroatoms. The van der Waals surface area contributed by atoms with E-state index in [-0.39, 0.29) is 12.4 Å². The van der Waals surface area contributed by atoms with Crippen LogP contribution in [0.25, 0.3) is 0 Å². The van der Waals surface area contributed by atoms with E-state index < -0.39 is 0 Å². The monoisotopic (exact) mass is 192 g/mol. The molecule has 1 saturated carbocycles. The number of nitrogens with two attached hydrogens (primary N) is 1. The van der Waals surface area contributed by atoms with E-state index >= 15 is 0 Å². The van der Waals surface area contributed by atoms with Crippen LogP contribution in [0, 0.1) is 0 Å². The largest absolute Gasteiger partial charge is 0.326 e. The van der Waals surface area contributed by atoms with Gasteiger partial charge in [-0.3, -0.25) is 0 Å². The molecule has 0 aromatic rings. The summed E-state index contributed by atoms with van der Waals surface area (Å²) >= 11 is 0. The van der Waals surface area contributed by atoms with Crippen molar-refractivity contribution in [2.75, 3.05) is 0 Å². The minimum Gasteiger partial charge on any atom is -0.326 e. The van der Waals surface area contributed by atoms with Crippen molar-refractivity contribution in [3.05, 3.63) is 0 Å². The lowest BCUT2D eigenvalue weighted by Crippen LogP contribution is -2.49. The average molecular weight is 193 g/mol. The third-order valence-corrected chi connectivity index (χ3v) is 2.37. The Hall–Kier alpha value is 0.210. The standard InChI is InChI=1S/C9H20N2.ClH/c1-7(2)11-9-6-4-3-5-8(9)10;/h7-9,11H,3-6,10H2,1-2H3;1H/t8-,9-;/m0./s1. The Morgan fingerprint density at radius 3 is 2.33 bits per heavy atom. The summed E-state index contributed by atoms with van der Waals surface area (Å²) in [6.07, 6.45) is 5.12. The van der Waals surface area contributed by atoms with Gasteiger partial charge in [0.1, 0.15) is 0 Å². The van der Waals surface area contributed by atoms with Crippen LogP contribution in [0.1, 0.15) is 39.5 Å². The van der Waals surface area contributed by atoms with E-state index in [0.29, 0.717) is 18.1 Å². The van der Waals surface area contributed by atoms with E-state index in [1.165, 1.54) is 25.7 Å². The molecule has 1 rings (SSSR count). The second-order valence-corrected chi connectivity index (χ2v) is 3.88. The Labute approximate surface area is 81.7 Å². The highest BCUT2D eigenvalue weighted by Gasteiger charge is 2.21. The fourth-order valence-corrected chi connectivity index (χ4v) is 1.79. The van der Waals surface area contributed by atoms with Crippen LogP contribution in [0.2, 0.25) is 0 Å². The normalized spacial score (nSPS) is 30.0. The van der Waals surface area contributed by atoms with Gasteiger partial charge in [0.25, 0.3) is 0 Å². The molecule has 3 N–H and O–H groups in total. The Balaban J connectivity index is 0.00000121. The van der Waals surface area contributed by atoms with Crippen LogP contribution in [-0.2, 0) is 0 Å². The Morgan fingerprint density at radius 2 is 1.83 bits per heavy atom. The number of halogens is 1. The van der Waals surface area contributed by atoms with Gasteiger partial charge < -0.3 is 11.1 Å². The molecule has 0 unspecified atom stereocenters. The molecule has 0 bridgehead atoms. The van der Waals surface area contributed by atoms with Crippen LogP contribution in [0.4, 0.5) is 0 Å². The number of rotatable bonds is 2. The Kier molecular flexibility index (Phi) is 5.89. The lowest BCUT2D eigenvalue weighted by atomic mass is 9.90. The van der Waals surface area contributed by atoms with Crippen molar-refractivity contribution in [3.63, 3.8) is 0 Å². The van der Waals surface area contributed by atoms with Crippen LogP contribution >= 0.6 is 12.4 Å². The van der Waals surface area contributed by atoms with E-state index in [9.17, 15) is 0 Å². The maximum absolute atomic E-state index is 5.96. The smallest absolute Gasteiger partial charge is 0.0221 e. The summed E-state index contributed by atoms with van der Waals surface area (Å²) in [5.74, 6) is 0. The van der Waals surface area contributed by atoms with Gasteiger partial charge in [-0.05, 0) is 12.8 Å². The van der Waals surface area contributed by atoms with Crippen LogP contribution in [0.15, 0.2) is 0 Å². The number of hydrogen-bond acceptors (Lipinski definition) is 2. The summed E-state index contributed by atoms with van der Waals surface area (Å²) in [6, 6.07) is 1.54. The van der Waals surface area contributed by atoms with Crippen molar-refractivity contribution >= 4 is 12.4 Å². The Morgan fingerprint density at radius 1 is 1.25 bits per heavy atom. The molecule has 2 nitrogen and oxygen atoms in total. The van der Waals surface area contributed by atoms with E-state index in [2.05, 4.69) is 19.2 Å². The third kappa shape index (κ3) is 3.74. The molecule has 12 heavy (non-hydrogen) atoms. The zero-order valence-corrected chi connectivity index (χ0v) is 8.86. The molecule has 0 aromatic heterocycles. The molecular formula is C9H21ClN2. The Bertz CT molecular complexity index is 117. The molecule has 1 fully saturated rings. The second-order valence-electron chi connectivity index (χ2n) is 3.88. The molecular weight excluding hydrogens is 172 g/mol. The van der Waals surface area contributed by atoms with Gasteiger partial charge in [0.2, 0.25) is 0 Å². The van der Waals surface area contributed by atoms with Gasteiger partial charge in [-0.15, -0.1) is 12.4 Å². The van der Waals surface area contributed by atoms with Crippen LogP contribution in [-0.4, -0.2) is 18.1 Å². The molecule has 0 saturated heterocycles.